The van der Waals surface area contributed by atoms with Crippen LogP contribution in [0.2, 0.25) is 0 Å². The highest BCUT2D eigenvalue weighted by molar-refractivity contribution is 6.09. The molecule has 0 saturated carbocycles. The lowest BCUT2D eigenvalue weighted by Crippen LogP contribution is -2.49. The van der Waals surface area contributed by atoms with E-state index in [0.717, 1.165) is 10.5 Å². The molecule has 1 atom stereocenters. The molecule has 0 radical (unpaired) electrons. The van der Waals surface area contributed by atoms with Gasteiger partial charge in [-0.25, -0.2) is 4.79 Å². The fraction of sp³-hybridized carbons (Fsp3) is 0.526. The minimum absolute atomic E-state index is 0.00301. The number of hydrogen-bond acceptors (Lipinski definition) is 3. The van der Waals surface area contributed by atoms with E-state index in [1.165, 1.54) is 0 Å². The first kappa shape index (κ1) is 19.0. The third-order valence-electron chi connectivity index (χ3n) is 4.60. The maximum absolute atomic E-state index is 12.9. The first-order chi connectivity index (χ1) is 11.6. The van der Waals surface area contributed by atoms with Crippen LogP contribution in [-0.2, 0) is 15.1 Å². The lowest BCUT2D eigenvalue weighted by Gasteiger charge is -2.32. The van der Waals surface area contributed by atoms with E-state index in [4.69, 9.17) is 0 Å². The Morgan fingerprint density at radius 3 is 2.12 bits per heavy atom. The van der Waals surface area contributed by atoms with E-state index in [1.807, 2.05) is 58.9 Å². The van der Waals surface area contributed by atoms with E-state index in [9.17, 15) is 14.4 Å². The van der Waals surface area contributed by atoms with Gasteiger partial charge in [-0.2, -0.15) is 0 Å². The molecule has 0 spiro atoms. The molecule has 6 nitrogen and oxygen atoms in total. The summed E-state index contributed by atoms with van der Waals surface area (Å²) in [6.45, 7) is 11.0. The van der Waals surface area contributed by atoms with Crippen LogP contribution in [0.1, 0.15) is 45.7 Å². The molecule has 0 unspecified atom stereocenters. The van der Waals surface area contributed by atoms with Crippen molar-refractivity contribution >= 4 is 17.8 Å². The Balaban J connectivity index is 2.24. The zero-order valence-corrected chi connectivity index (χ0v) is 15.8. The molecule has 0 aromatic heterocycles. The van der Waals surface area contributed by atoms with E-state index in [1.54, 1.807) is 11.8 Å². The summed E-state index contributed by atoms with van der Waals surface area (Å²) in [6, 6.07) is 6.91. The number of benzene rings is 1. The predicted octanol–water partition coefficient (Wildman–Crippen LogP) is 2.41. The first-order valence-corrected chi connectivity index (χ1v) is 8.60. The van der Waals surface area contributed by atoms with Gasteiger partial charge in [0.15, 0.2) is 0 Å². The summed E-state index contributed by atoms with van der Waals surface area (Å²) in [5.41, 5.74) is 0.627. The quantitative estimate of drug-likeness (QED) is 0.833. The van der Waals surface area contributed by atoms with Crippen molar-refractivity contribution in [2.24, 2.45) is 0 Å². The van der Waals surface area contributed by atoms with Gasteiger partial charge in [0.05, 0.1) is 0 Å². The van der Waals surface area contributed by atoms with Crippen molar-refractivity contribution < 1.29 is 14.4 Å². The molecule has 1 aromatic rings. The van der Waals surface area contributed by atoms with Crippen LogP contribution >= 0.6 is 0 Å². The molecular weight excluding hydrogens is 318 g/mol. The fourth-order valence-corrected chi connectivity index (χ4v) is 3.31. The van der Waals surface area contributed by atoms with E-state index in [0.29, 0.717) is 5.56 Å². The number of urea groups is 1. The molecule has 136 valence electrons. The van der Waals surface area contributed by atoms with Crippen molar-refractivity contribution in [3.05, 3.63) is 35.4 Å². The minimum Gasteiger partial charge on any atom is -0.336 e. The van der Waals surface area contributed by atoms with Gasteiger partial charge in [0.2, 0.25) is 5.91 Å². The van der Waals surface area contributed by atoms with Crippen LogP contribution in [0.3, 0.4) is 0 Å². The van der Waals surface area contributed by atoms with E-state index in [2.05, 4.69) is 5.32 Å². The number of nitrogens with zero attached hydrogens (tertiary/aromatic N) is 2. The normalized spacial score (nSPS) is 20.4. The molecule has 2 rings (SSSR count). The zero-order valence-electron chi connectivity index (χ0n) is 15.8. The van der Waals surface area contributed by atoms with Crippen LogP contribution in [0.25, 0.3) is 0 Å². The molecule has 1 aromatic carbocycles. The van der Waals surface area contributed by atoms with Gasteiger partial charge in [0.1, 0.15) is 12.1 Å². The minimum atomic E-state index is -1.15. The number of nitrogens with one attached hydrogen (secondary N) is 1. The SMILES string of the molecule is Cc1ccc([C@@]2(C)NC(=O)N(CC(=O)N(C(C)C)C(C)C)C2=O)cc1. The molecule has 0 bridgehead atoms. The van der Waals surface area contributed by atoms with Gasteiger partial charge in [-0.05, 0) is 47.1 Å². The van der Waals surface area contributed by atoms with Crippen LogP contribution in [0, 0.1) is 6.92 Å². The van der Waals surface area contributed by atoms with Crippen molar-refractivity contribution in [1.29, 1.82) is 0 Å². The van der Waals surface area contributed by atoms with Gasteiger partial charge < -0.3 is 10.2 Å². The van der Waals surface area contributed by atoms with Crippen LogP contribution in [0.15, 0.2) is 24.3 Å². The average molecular weight is 345 g/mol. The number of imide groups is 1. The van der Waals surface area contributed by atoms with Crippen molar-refractivity contribution in [2.45, 2.75) is 59.2 Å². The smallest absolute Gasteiger partial charge is 0.325 e. The highest BCUT2D eigenvalue weighted by Crippen LogP contribution is 2.29. The zero-order chi connectivity index (χ0) is 18.9. The van der Waals surface area contributed by atoms with Gasteiger partial charge in [-0.1, -0.05) is 29.8 Å². The first-order valence-electron chi connectivity index (χ1n) is 8.60. The molecule has 25 heavy (non-hydrogen) atoms. The summed E-state index contributed by atoms with van der Waals surface area (Å²) in [5.74, 6) is -0.635. The molecule has 4 amide bonds. The Kier molecular flexibility index (Phi) is 5.20. The number of aryl methyl sites for hydroxylation is 1. The van der Waals surface area contributed by atoms with Crippen molar-refractivity contribution in [1.82, 2.24) is 15.1 Å². The molecule has 1 N–H and O–H groups in total. The Morgan fingerprint density at radius 2 is 1.64 bits per heavy atom. The second-order valence-electron chi connectivity index (χ2n) is 7.30. The number of rotatable bonds is 5. The van der Waals surface area contributed by atoms with E-state index >= 15 is 0 Å². The van der Waals surface area contributed by atoms with E-state index in [-0.39, 0.29) is 24.5 Å². The number of carbonyl (C=O) groups excluding carboxylic acids is 3. The molecule has 1 aliphatic rings. The third kappa shape index (κ3) is 3.52. The van der Waals surface area contributed by atoms with Gasteiger partial charge in [-0.3, -0.25) is 14.5 Å². The van der Waals surface area contributed by atoms with Crippen molar-refractivity contribution in [3.8, 4) is 0 Å². The standard InChI is InChI=1S/C19H27N3O3/c1-12(2)22(13(3)4)16(23)11-21-17(24)19(6,20-18(21)25)15-9-7-14(5)8-10-15/h7-10,12-13H,11H2,1-6H3,(H,20,25)/t19-/m1/s1. The number of amides is 4. The predicted molar refractivity (Wildman–Crippen MR) is 95.9 cm³/mol. The maximum Gasteiger partial charge on any atom is 0.325 e. The van der Waals surface area contributed by atoms with Crippen LogP contribution in [0.4, 0.5) is 4.79 Å². The molecule has 1 saturated heterocycles. The third-order valence-corrected chi connectivity index (χ3v) is 4.60. The van der Waals surface area contributed by atoms with Crippen LogP contribution in [-0.4, -0.2) is 46.3 Å². The average Bonchev–Trinajstić information content (AvgIpc) is 2.71. The summed E-state index contributed by atoms with van der Waals surface area (Å²) in [7, 11) is 0. The Labute approximate surface area is 149 Å². The Morgan fingerprint density at radius 1 is 1.12 bits per heavy atom. The summed E-state index contributed by atoms with van der Waals surface area (Å²) in [6.07, 6.45) is 0. The van der Waals surface area contributed by atoms with Gasteiger partial charge >= 0.3 is 6.03 Å². The second kappa shape index (κ2) is 6.86. The van der Waals surface area contributed by atoms with Crippen molar-refractivity contribution in [2.75, 3.05) is 6.54 Å². The molecule has 6 heteroatoms. The lowest BCUT2D eigenvalue weighted by atomic mass is 9.91. The number of carbonyl (C=O) groups is 3. The molecule has 1 aliphatic heterocycles. The topological polar surface area (TPSA) is 69.7 Å². The van der Waals surface area contributed by atoms with Crippen LogP contribution < -0.4 is 5.32 Å². The van der Waals surface area contributed by atoms with Crippen molar-refractivity contribution in [3.63, 3.8) is 0 Å². The van der Waals surface area contributed by atoms with Gasteiger partial charge in [0, 0.05) is 12.1 Å². The van der Waals surface area contributed by atoms with Gasteiger partial charge in [-0.15, -0.1) is 0 Å². The second-order valence-corrected chi connectivity index (χ2v) is 7.30. The lowest BCUT2D eigenvalue weighted by molar-refractivity contribution is -0.141. The number of hydrogen-bond donors (Lipinski definition) is 1. The van der Waals surface area contributed by atoms with E-state index < -0.39 is 17.5 Å². The summed E-state index contributed by atoms with van der Waals surface area (Å²) < 4.78 is 0. The largest absolute Gasteiger partial charge is 0.336 e. The molecule has 0 aliphatic carbocycles. The summed E-state index contributed by atoms with van der Waals surface area (Å²) in [5, 5.41) is 2.74. The highest BCUT2D eigenvalue weighted by Gasteiger charge is 2.49. The van der Waals surface area contributed by atoms with Gasteiger partial charge in [0.25, 0.3) is 5.91 Å². The Hall–Kier alpha value is -2.37. The molecule has 1 heterocycles. The Bertz CT molecular complexity index is 674. The monoisotopic (exact) mass is 345 g/mol. The summed E-state index contributed by atoms with van der Waals surface area (Å²) in [4.78, 5) is 40.6. The highest BCUT2D eigenvalue weighted by atomic mass is 16.2. The molecule has 1 fully saturated rings. The summed E-state index contributed by atoms with van der Waals surface area (Å²) >= 11 is 0. The van der Waals surface area contributed by atoms with Crippen LogP contribution in [0.5, 0.6) is 0 Å². The molecular formula is C19H27N3O3. The fourth-order valence-electron chi connectivity index (χ4n) is 3.31. The maximum atomic E-state index is 12.9.